The third-order valence-corrected chi connectivity index (χ3v) is 3.88. The average molecular weight is 262 g/mol. The van der Waals surface area contributed by atoms with Crippen LogP contribution < -0.4 is 10.5 Å². The van der Waals surface area contributed by atoms with Crippen molar-refractivity contribution in [2.75, 3.05) is 25.9 Å². The molecular formula is C15H22N2O2. The Kier molecular flexibility index (Phi) is 4.30. The van der Waals surface area contributed by atoms with Gasteiger partial charge in [-0.05, 0) is 42.9 Å². The first kappa shape index (κ1) is 13.7. The van der Waals surface area contributed by atoms with Gasteiger partial charge < -0.3 is 15.4 Å². The highest BCUT2D eigenvalue weighted by molar-refractivity contribution is 5.73. The minimum Gasteiger partial charge on any atom is -0.495 e. The second-order valence-electron chi connectivity index (χ2n) is 5.23. The van der Waals surface area contributed by atoms with Gasteiger partial charge in [0.2, 0.25) is 5.91 Å². The van der Waals surface area contributed by atoms with Crippen molar-refractivity contribution in [3.8, 4) is 5.75 Å². The van der Waals surface area contributed by atoms with E-state index in [2.05, 4.69) is 6.07 Å². The van der Waals surface area contributed by atoms with E-state index in [0.717, 1.165) is 38.1 Å². The predicted molar refractivity (Wildman–Crippen MR) is 76.1 cm³/mol. The summed E-state index contributed by atoms with van der Waals surface area (Å²) < 4.78 is 5.25. The summed E-state index contributed by atoms with van der Waals surface area (Å²) in [6.07, 6.45) is 3.18. The average Bonchev–Trinajstić information content (AvgIpc) is 2.41. The number of amides is 1. The lowest BCUT2D eigenvalue weighted by atomic mass is 9.90. The molecule has 0 unspecified atom stereocenters. The molecule has 0 saturated carbocycles. The van der Waals surface area contributed by atoms with Crippen molar-refractivity contribution in [2.45, 2.75) is 26.2 Å². The summed E-state index contributed by atoms with van der Waals surface area (Å²) in [5.74, 6) is 1.58. The van der Waals surface area contributed by atoms with E-state index in [4.69, 9.17) is 10.5 Å². The molecule has 1 saturated heterocycles. The summed E-state index contributed by atoms with van der Waals surface area (Å²) in [6.45, 7) is 3.41. The summed E-state index contributed by atoms with van der Waals surface area (Å²) in [5, 5.41) is 0. The van der Waals surface area contributed by atoms with Gasteiger partial charge >= 0.3 is 0 Å². The fraction of sp³-hybridized carbons (Fsp3) is 0.533. The number of anilines is 1. The molecule has 1 fully saturated rings. The van der Waals surface area contributed by atoms with Gasteiger partial charge in [0.05, 0.1) is 12.8 Å². The summed E-state index contributed by atoms with van der Waals surface area (Å²) in [7, 11) is 1.64. The van der Waals surface area contributed by atoms with Crippen LogP contribution in [0.15, 0.2) is 18.2 Å². The van der Waals surface area contributed by atoms with Gasteiger partial charge in [0.15, 0.2) is 0 Å². The van der Waals surface area contributed by atoms with Crippen LogP contribution in [0, 0.1) is 5.92 Å². The van der Waals surface area contributed by atoms with Crippen molar-refractivity contribution < 1.29 is 9.53 Å². The molecule has 1 aliphatic rings. The number of nitrogen functional groups attached to an aromatic ring is 1. The van der Waals surface area contributed by atoms with Gasteiger partial charge in [-0.3, -0.25) is 4.79 Å². The van der Waals surface area contributed by atoms with Gasteiger partial charge in [0.1, 0.15) is 5.75 Å². The molecule has 4 nitrogen and oxygen atoms in total. The van der Waals surface area contributed by atoms with Crippen molar-refractivity contribution in [3.05, 3.63) is 23.8 Å². The normalized spacial score (nSPS) is 16.4. The van der Waals surface area contributed by atoms with E-state index in [1.165, 1.54) is 5.56 Å². The molecule has 1 heterocycles. The van der Waals surface area contributed by atoms with Crippen LogP contribution in [-0.2, 0) is 11.2 Å². The van der Waals surface area contributed by atoms with Gasteiger partial charge in [-0.1, -0.05) is 6.07 Å². The smallest absolute Gasteiger partial charge is 0.219 e. The summed E-state index contributed by atoms with van der Waals surface area (Å²) >= 11 is 0. The van der Waals surface area contributed by atoms with Crippen molar-refractivity contribution in [1.29, 1.82) is 0 Å². The maximum absolute atomic E-state index is 11.3. The second kappa shape index (κ2) is 5.95. The number of rotatable bonds is 3. The van der Waals surface area contributed by atoms with Crippen molar-refractivity contribution in [1.82, 2.24) is 4.90 Å². The molecule has 4 heteroatoms. The first-order chi connectivity index (χ1) is 9.10. The number of nitrogens with zero attached hydrogens (tertiary/aromatic N) is 1. The predicted octanol–water partition coefficient (Wildman–Crippen LogP) is 2.08. The molecule has 104 valence electrons. The lowest BCUT2D eigenvalue weighted by Crippen LogP contribution is -2.37. The number of likely N-dealkylation sites (tertiary alicyclic amines) is 1. The molecule has 0 radical (unpaired) electrons. The number of benzene rings is 1. The van der Waals surface area contributed by atoms with E-state index in [9.17, 15) is 4.79 Å². The monoisotopic (exact) mass is 262 g/mol. The Balaban J connectivity index is 1.94. The highest BCUT2D eigenvalue weighted by Crippen LogP contribution is 2.26. The van der Waals surface area contributed by atoms with E-state index in [-0.39, 0.29) is 5.91 Å². The lowest BCUT2D eigenvalue weighted by Gasteiger charge is -2.31. The number of carbonyl (C=O) groups is 1. The molecular weight excluding hydrogens is 240 g/mol. The molecule has 0 atom stereocenters. The van der Waals surface area contributed by atoms with Gasteiger partial charge in [0.25, 0.3) is 0 Å². The Morgan fingerprint density at radius 1 is 1.42 bits per heavy atom. The largest absolute Gasteiger partial charge is 0.495 e. The standard InChI is InChI=1S/C15H22N2O2/c1-11(18)17-7-5-12(6-8-17)9-13-3-4-14(16)15(10-13)19-2/h3-4,10,12H,5-9,16H2,1-2H3. The number of nitrogens with two attached hydrogens (primary N) is 1. The van der Waals surface area contributed by atoms with Crippen LogP contribution >= 0.6 is 0 Å². The van der Waals surface area contributed by atoms with E-state index in [1.807, 2.05) is 17.0 Å². The Labute approximate surface area is 114 Å². The van der Waals surface area contributed by atoms with Crippen LogP contribution in [0.25, 0.3) is 0 Å². The maximum Gasteiger partial charge on any atom is 0.219 e. The molecule has 0 aliphatic carbocycles. The van der Waals surface area contributed by atoms with Gasteiger partial charge in [-0.15, -0.1) is 0 Å². The molecule has 1 aliphatic heterocycles. The second-order valence-corrected chi connectivity index (χ2v) is 5.23. The van der Waals surface area contributed by atoms with E-state index >= 15 is 0 Å². The minimum atomic E-state index is 0.188. The maximum atomic E-state index is 11.3. The number of piperidine rings is 1. The zero-order valence-corrected chi connectivity index (χ0v) is 11.7. The quantitative estimate of drug-likeness (QED) is 0.848. The topological polar surface area (TPSA) is 55.6 Å². The number of carbonyl (C=O) groups excluding carboxylic acids is 1. The first-order valence-electron chi connectivity index (χ1n) is 6.78. The molecule has 0 spiro atoms. The Bertz CT molecular complexity index is 451. The molecule has 1 amide bonds. The summed E-state index contributed by atoms with van der Waals surface area (Å²) in [5.41, 5.74) is 7.75. The van der Waals surface area contributed by atoms with E-state index < -0.39 is 0 Å². The summed E-state index contributed by atoms with van der Waals surface area (Å²) in [4.78, 5) is 13.2. The fourth-order valence-electron chi connectivity index (χ4n) is 2.67. The van der Waals surface area contributed by atoms with Gasteiger partial charge in [-0.25, -0.2) is 0 Å². The SMILES string of the molecule is COc1cc(CC2CCN(C(C)=O)CC2)ccc1N. The van der Waals surface area contributed by atoms with Crippen LogP contribution in [0.3, 0.4) is 0 Å². The third kappa shape index (κ3) is 3.40. The van der Waals surface area contributed by atoms with Gasteiger partial charge in [-0.2, -0.15) is 0 Å². The zero-order valence-electron chi connectivity index (χ0n) is 11.7. The molecule has 1 aromatic carbocycles. The lowest BCUT2D eigenvalue weighted by molar-refractivity contribution is -0.130. The zero-order chi connectivity index (χ0) is 13.8. The van der Waals surface area contributed by atoms with Crippen LogP contribution in [0.4, 0.5) is 5.69 Å². The highest BCUT2D eigenvalue weighted by atomic mass is 16.5. The van der Waals surface area contributed by atoms with Crippen molar-refractivity contribution >= 4 is 11.6 Å². The summed E-state index contributed by atoms with van der Waals surface area (Å²) in [6, 6.07) is 5.99. The minimum absolute atomic E-state index is 0.188. The van der Waals surface area contributed by atoms with Crippen molar-refractivity contribution in [3.63, 3.8) is 0 Å². The molecule has 0 aromatic heterocycles. The first-order valence-corrected chi connectivity index (χ1v) is 6.78. The van der Waals surface area contributed by atoms with Crippen LogP contribution in [0.2, 0.25) is 0 Å². The number of hydrogen-bond donors (Lipinski definition) is 1. The van der Waals surface area contributed by atoms with Crippen molar-refractivity contribution in [2.24, 2.45) is 5.92 Å². The Hall–Kier alpha value is -1.71. The molecule has 2 rings (SSSR count). The fourth-order valence-corrected chi connectivity index (χ4v) is 2.67. The molecule has 1 aromatic rings. The number of methoxy groups -OCH3 is 1. The number of ether oxygens (including phenoxy) is 1. The molecule has 19 heavy (non-hydrogen) atoms. The van der Waals surface area contributed by atoms with Crippen LogP contribution in [0.1, 0.15) is 25.3 Å². The van der Waals surface area contributed by atoms with E-state index in [1.54, 1.807) is 14.0 Å². The van der Waals surface area contributed by atoms with Crippen LogP contribution in [0.5, 0.6) is 5.75 Å². The highest BCUT2D eigenvalue weighted by Gasteiger charge is 2.21. The number of hydrogen-bond acceptors (Lipinski definition) is 3. The Morgan fingerprint density at radius 2 is 2.11 bits per heavy atom. The molecule has 0 bridgehead atoms. The van der Waals surface area contributed by atoms with Gasteiger partial charge in [0, 0.05) is 20.0 Å². The molecule has 2 N–H and O–H groups in total. The van der Waals surface area contributed by atoms with E-state index in [0.29, 0.717) is 11.6 Å². The van der Waals surface area contributed by atoms with Crippen LogP contribution in [-0.4, -0.2) is 31.0 Å². The Morgan fingerprint density at radius 3 is 2.68 bits per heavy atom. The third-order valence-electron chi connectivity index (χ3n) is 3.88.